The number of hydrogen-bond acceptors (Lipinski definition) is 2. The van der Waals surface area contributed by atoms with E-state index in [1.807, 2.05) is 0 Å². The van der Waals surface area contributed by atoms with E-state index in [1.165, 1.54) is 12.1 Å². The van der Waals surface area contributed by atoms with Gasteiger partial charge < -0.3 is 0 Å². The summed E-state index contributed by atoms with van der Waals surface area (Å²) in [5.41, 5.74) is 0.137. The third-order valence-corrected chi connectivity index (χ3v) is 4.20. The van der Waals surface area contributed by atoms with Crippen LogP contribution in [0, 0.1) is 0 Å². The van der Waals surface area contributed by atoms with Gasteiger partial charge >= 0.3 is 6.18 Å². The Hall–Kier alpha value is -0.680. The maximum Gasteiger partial charge on any atom is 0.416 e. The highest BCUT2D eigenvalue weighted by atomic mass is 32.2. The van der Waals surface area contributed by atoms with Crippen LogP contribution in [-0.2, 0) is 6.18 Å². The molecular weight excluding hydrogens is 247 g/mol. The molecule has 2 unspecified atom stereocenters. The summed E-state index contributed by atoms with van der Waals surface area (Å²) in [7, 11) is 0. The molecule has 1 aromatic rings. The summed E-state index contributed by atoms with van der Waals surface area (Å²) >= 11 is 1.67. The first-order chi connectivity index (χ1) is 8.00. The number of nitrogens with one attached hydrogen (secondary N) is 1. The van der Waals surface area contributed by atoms with Crippen LogP contribution in [0.15, 0.2) is 24.3 Å². The summed E-state index contributed by atoms with van der Waals surface area (Å²) in [4.78, 5) is 0. The van der Waals surface area contributed by atoms with Crippen molar-refractivity contribution in [1.29, 1.82) is 0 Å². The molecule has 0 aromatic heterocycles. The average Bonchev–Trinajstić information content (AvgIpc) is 2.76. The second-order valence-electron chi connectivity index (χ2n) is 4.11. The first-order valence-corrected chi connectivity index (χ1v) is 6.60. The van der Waals surface area contributed by atoms with Crippen LogP contribution in [0.1, 0.15) is 29.8 Å². The number of benzene rings is 1. The Balaban J connectivity index is 2.17. The van der Waals surface area contributed by atoms with Gasteiger partial charge in [0, 0.05) is 11.8 Å². The summed E-state index contributed by atoms with van der Waals surface area (Å²) in [6, 6.07) is 5.97. The number of rotatable bonds is 2. The molecule has 0 spiro atoms. The molecule has 1 nitrogen and oxygen atoms in total. The van der Waals surface area contributed by atoms with Gasteiger partial charge in [-0.1, -0.05) is 19.1 Å². The first kappa shape index (κ1) is 12.8. The SMILES string of the molecule is CCC1CSC(c2cccc(C(F)(F)F)c2)N1. The van der Waals surface area contributed by atoms with Gasteiger partial charge in [-0.25, -0.2) is 0 Å². The highest BCUT2D eigenvalue weighted by Gasteiger charge is 2.32. The molecule has 0 saturated carbocycles. The van der Waals surface area contributed by atoms with Crippen molar-refractivity contribution in [3.05, 3.63) is 35.4 Å². The lowest BCUT2D eigenvalue weighted by Crippen LogP contribution is -2.24. The van der Waals surface area contributed by atoms with Crippen molar-refractivity contribution < 1.29 is 13.2 Å². The topological polar surface area (TPSA) is 12.0 Å². The lowest BCUT2D eigenvalue weighted by atomic mass is 10.1. The van der Waals surface area contributed by atoms with E-state index in [2.05, 4.69) is 12.2 Å². The summed E-state index contributed by atoms with van der Waals surface area (Å²) in [6.45, 7) is 2.08. The summed E-state index contributed by atoms with van der Waals surface area (Å²) < 4.78 is 37.7. The van der Waals surface area contributed by atoms with Gasteiger partial charge in [-0.3, -0.25) is 5.32 Å². The predicted octanol–water partition coefficient (Wildman–Crippen LogP) is 3.82. The third-order valence-electron chi connectivity index (χ3n) is 2.86. The molecule has 1 saturated heterocycles. The van der Waals surface area contributed by atoms with Gasteiger partial charge in [0.15, 0.2) is 0 Å². The molecule has 5 heteroatoms. The van der Waals surface area contributed by atoms with E-state index in [4.69, 9.17) is 0 Å². The van der Waals surface area contributed by atoms with E-state index in [0.717, 1.165) is 18.2 Å². The molecule has 0 aliphatic carbocycles. The zero-order chi connectivity index (χ0) is 12.5. The van der Waals surface area contributed by atoms with Crippen LogP contribution in [0.2, 0.25) is 0 Å². The van der Waals surface area contributed by atoms with Crippen LogP contribution in [0.4, 0.5) is 13.2 Å². The van der Waals surface area contributed by atoms with Gasteiger partial charge in [-0.15, -0.1) is 11.8 Å². The van der Waals surface area contributed by atoms with Crippen molar-refractivity contribution in [2.75, 3.05) is 5.75 Å². The second kappa shape index (κ2) is 4.90. The van der Waals surface area contributed by atoms with Gasteiger partial charge in [0.2, 0.25) is 0 Å². The lowest BCUT2D eigenvalue weighted by molar-refractivity contribution is -0.137. The van der Waals surface area contributed by atoms with Crippen LogP contribution in [0.25, 0.3) is 0 Å². The molecule has 2 atom stereocenters. The molecular formula is C12H14F3NS. The molecule has 2 rings (SSSR count). The summed E-state index contributed by atoms with van der Waals surface area (Å²) in [5, 5.41) is 3.32. The fourth-order valence-corrected chi connectivity index (χ4v) is 3.21. The molecule has 17 heavy (non-hydrogen) atoms. The lowest BCUT2D eigenvalue weighted by Gasteiger charge is -2.14. The van der Waals surface area contributed by atoms with Gasteiger partial charge in [0.25, 0.3) is 0 Å². The standard InChI is InChI=1S/C12H14F3NS/c1-2-10-7-17-11(16-10)8-4-3-5-9(6-8)12(13,14)15/h3-6,10-11,16H,2,7H2,1H3. The number of hydrogen-bond donors (Lipinski definition) is 1. The van der Waals surface area contributed by atoms with E-state index < -0.39 is 11.7 Å². The van der Waals surface area contributed by atoms with E-state index in [-0.39, 0.29) is 5.37 Å². The number of thioether (sulfide) groups is 1. The highest BCUT2D eigenvalue weighted by Crippen LogP contribution is 2.36. The zero-order valence-electron chi connectivity index (χ0n) is 9.42. The summed E-state index contributed by atoms with van der Waals surface area (Å²) in [5.74, 6) is 0.956. The Kier molecular flexibility index (Phi) is 3.68. The van der Waals surface area contributed by atoms with E-state index in [0.29, 0.717) is 11.6 Å². The van der Waals surface area contributed by atoms with Gasteiger partial charge in [0.1, 0.15) is 0 Å². The van der Waals surface area contributed by atoms with E-state index in [1.54, 1.807) is 17.8 Å². The minimum absolute atomic E-state index is 0.0118. The molecule has 1 heterocycles. The minimum atomic E-state index is -4.26. The van der Waals surface area contributed by atoms with Crippen LogP contribution in [0.3, 0.4) is 0 Å². The normalized spacial score (nSPS) is 25.2. The molecule has 1 aliphatic heterocycles. The molecule has 94 valence electrons. The van der Waals surface area contributed by atoms with Crippen molar-refractivity contribution in [1.82, 2.24) is 5.32 Å². The van der Waals surface area contributed by atoms with Crippen molar-refractivity contribution >= 4 is 11.8 Å². The monoisotopic (exact) mass is 261 g/mol. The van der Waals surface area contributed by atoms with Crippen LogP contribution >= 0.6 is 11.8 Å². The molecule has 0 amide bonds. The fraction of sp³-hybridized carbons (Fsp3) is 0.500. The van der Waals surface area contributed by atoms with Gasteiger partial charge in [-0.2, -0.15) is 13.2 Å². The Morgan fingerprint density at radius 3 is 2.76 bits per heavy atom. The highest BCUT2D eigenvalue weighted by molar-refractivity contribution is 7.99. The number of halogens is 3. The van der Waals surface area contributed by atoms with E-state index >= 15 is 0 Å². The quantitative estimate of drug-likeness (QED) is 0.868. The largest absolute Gasteiger partial charge is 0.416 e. The first-order valence-electron chi connectivity index (χ1n) is 5.55. The fourth-order valence-electron chi connectivity index (χ4n) is 1.83. The molecule has 1 aromatic carbocycles. The summed E-state index contributed by atoms with van der Waals surface area (Å²) in [6.07, 6.45) is -3.26. The Labute approximate surface area is 103 Å². The zero-order valence-corrected chi connectivity index (χ0v) is 10.2. The number of alkyl halides is 3. The smallest absolute Gasteiger partial charge is 0.298 e. The minimum Gasteiger partial charge on any atom is -0.298 e. The Morgan fingerprint density at radius 2 is 2.18 bits per heavy atom. The molecule has 1 N–H and O–H groups in total. The van der Waals surface area contributed by atoms with Crippen molar-refractivity contribution in [2.24, 2.45) is 0 Å². The molecule has 0 radical (unpaired) electrons. The third kappa shape index (κ3) is 2.96. The van der Waals surface area contributed by atoms with Gasteiger partial charge in [0.05, 0.1) is 10.9 Å². The Morgan fingerprint density at radius 1 is 1.41 bits per heavy atom. The van der Waals surface area contributed by atoms with Crippen LogP contribution in [0.5, 0.6) is 0 Å². The second-order valence-corrected chi connectivity index (χ2v) is 5.25. The van der Waals surface area contributed by atoms with E-state index in [9.17, 15) is 13.2 Å². The molecule has 1 aliphatic rings. The van der Waals surface area contributed by atoms with Crippen molar-refractivity contribution in [2.45, 2.75) is 30.9 Å². The van der Waals surface area contributed by atoms with Crippen molar-refractivity contribution in [3.63, 3.8) is 0 Å². The maximum absolute atomic E-state index is 12.6. The van der Waals surface area contributed by atoms with Gasteiger partial charge in [-0.05, 0) is 24.1 Å². The Bertz CT molecular complexity index is 392. The average molecular weight is 261 g/mol. The van der Waals surface area contributed by atoms with Crippen LogP contribution < -0.4 is 5.32 Å². The molecule has 1 fully saturated rings. The molecule has 0 bridgehead atoms. The predicted molar refractivity (Wildman–Crippen MR) is 63.9 cm³/mol. The maximum atomic E-state index is 12.6. The van der Waals surface area contributed by atoms with Crippen molar-refractivity contribution in [3.8, 4) is 0 Å². The van der Waals surface area contributed by atoms with Crippen LogP contribution in [-0.4, -0.2) is 11.8 Å².